The van der Waals surface area contributed by atoms with Crippen LogP contribution in [0.25, 0.3) is 0 Å². The van der Waals surface area contributed by atoms with E-state index in [9.17, 15) is 4.79 Å². The van der Waals surface area contributed by atoms with Crippen molar-refractivity contribution in [1.29, 1.82) is 0 Å². The molecule has 3 nitrogen and oxygen atoms in total. The lowest BCUT2D eigenvalue weighted by Gasteiger charge is -1.93. The molecule has 0 saturated heterocycles. The molecular weight excluding hydrogens is 220 g/mol. The summed E-state index contributed by atoms with van der Waals surface area (Å²) >= 11 is 7.16. The van der Waals surface area contributed by atoms with Crippen molar-refractivity contribution < 1.29 is 4.79 Å². The highest BCUT2D eigenvalue weighted by Gasteiger charge is 2.29. The van der Waals surface area contributed by atoms with E-state index in [0.29, 0.717) is 0 Å². The maximum absolute atomic E-state index is 11.2. The molecule has 0 aromatic carbocycles. The lowest BCUT2D eigenvalue weighted by Crippen LogP contribution is -2.18. The number of rotatable bonds is 3. The van der Waals surface area contributed by atoms with E-state index in [1.54, 1.807) is 12.3 Å². The van der Waals surface area contributed by atoms with Gasteiger partial charge in [0, 0.05) is 10.8 Å². The molecule has 1 heterocycles. The first kappa shape index (κ1) is 9.68. The van der Waals surface area contributed by atoms with Crippen molar-refractivity contribution in [1.82, 2.24) is 5.43 Å². The first-order valence-corrected chi connectivity index (χ1v) is 5.53. The molecule has 1 aromatic heterocycles. The Morgan fingerprint density at radius 2 is 2.43 bits per heavy atom. The highest BCUT2D eigenvalue weighted by Crippen LogP contribution is 2.28. The fraction of sp³-hybridized carbons (Fsp3) is 0.333. The molecule has 1 aromatic rings. The number of nitrogens with one attached hydrogen (secondary N) is 1. The van der Waals surface area contributed by atoms with Crippen molar-refractivity contribution in [3.63, 3.8) is 0 Å². The number of carbonyl (C=O) groups is 1. The summed E-state index contributed by atoms with van der Waals surface area (Å²) in [4.78, 5) is 12.1. The molecule has 0 bridgehead atoms. The van der Waals surface area contributed by atoms with Gasteiger partial charge in [0.1, 0.15) is 0 Å². The van der Waals surface area contributed by atoms with Crippen LogP contribution in [-0.4, -0.2) is 12.1 Å². The minimum atomic E-state index is 0.0175. The van der Waals surface area contributed by atoms with Crippen LogP contribution in [0.3, 0.4) is 0 Å². The monoisotopic (exact) mass is 228 g/mol. The molecule has 2 rings (SSSR count). The fourth-order valence-corrected chi connectivity index (χ4v) is 1.93. The molecule has 1 N–H and O–H groups in total. The Bertz CT molecular complexity index is 371. The van der Waals surface area contributed by atoms with Gasteiger partial charge < -0.3 is 0 Å². The maximum Gasteiger partial charge on any atom is 0.243 e. The number of hydrogen-bond donors (Lipinski definition) is 1. The van der Waals surface area contributed by atoms with Crippen molar-refractivity contribution >= 4 is 35.1 Å². The third-order valence-corrected chi connectivity index (χ3v) is 3.07. The molecule has 1 saturated carbocycles. The quantitative estimate of drug-likeness (QED) is 0.626. The third kappa shape index (κ3) is 2.56. The van der Waals surface area contributed by atoms with Gasteiger partial charge in [0.25, 0.3) is 0 Å². The molecule has 1 aliphatic carbocycles. The van der Waals surface area contributed by atoms with E-state index in [-0.39, 0.29) is 11.8 Å². The largest absolute Gasteiger partial charge is 0.273 e. The van der Waals surface area contributed by atoms with E-state index in [0.717, 1.165) is 22.1 Å². The van der Waals surface area contributed by atoms with Crippen LogP contribution in [0.15, 0.2) is 17.2 Å². The summed E-state index contributed by atoms with van der Waals surface area (Å²) in [7, 11) is 0. The average molecular weight is 229 g/mol. The number of thiophene rings is 1. The zero-order chi connectivity index (χ0) is 9.97. The van der Waals surface area contributed by atoms with Crippen LogP contribution < -0.4 is 5.43 Å². The molecule has 1 fully saturated rings. The van der Waals surface area contributed by atoms with Crippen LogP contribution in [-0.2, 0) is 4.79 Å². The first-order valence-electron chi connectivity index (χ1n) is 4.34. The maximum atomic E-state index is 11.2. The zero-order valence-electron chi connectivity index (χ0n) is 7.37. The van der Waals surface area contributed by atoms with Crippen molar-refractivity contribution in [3.05, 3.63) is 21.3 Å². The summed E-state index contributed by atoms with van der Waals surface area (Å²) in [5.74, 6) is 0.211. The van der Waals surface area contributed by atoms with E-state index in [2.05, 4.69) is 10.5 Å². The third-order valence-electron chi connectivity index (χ3n) is 1.91. The minimum Gasteiger partial charge on any atom is -0.273 e. The number of nitrogens with zero attached hydrogens (tertiary/aromatic N) is 1. The van der Waals surface area contributed by atoms with Crippen molar-refractivity contribution in [2.24, 2.45) is 11.0 Å². The highest BCUT2D eigenvalue weighted by molar-refractivity contribution is 7.17. The number of carbonyl (C=O) groups excluding carboxylic acids is 1. The number of halogens is 1. The summed E-state index contributed by atoms with van der Waals surface area (Å²) in [5.41, 5.74) is 2.50. The second-order valence-electron chi connectivity index (χ2n) is 3.15. The fourth-order valence-electron chi connectivity index (χ4n) is 0.994. The van der Waals surface area contributed by atoms with Crippen LogP contribution in [0.5, 0.6) is 0 Å². The molecular formula is C9H9ClN2OS. The predicted octanol–water partition coefficient (Wildman–Crippen LogP) is 2.26. The Balaban J connectivity index is 1.84. The van der Waals surface area contributed by atoms with Gasteiger partial charge in [-0.2, -0.15) is 5.10 Å². The molecule has 1 aliphatic rings. The lowest BCUT2D eigenvalue weighted by molar-refractivity contribution is -0.122. The van der Waals surface area contributed by atoms with Crippen LogP contribution in [0.1, 0.15) is 17.7 Å². The topological polar surface area (TPSA) is 41.5 Å². The molecule has 0 unspecified atom stereocenters. The molecule has 1 amide bonds. The van der Waals surface area contributed by atoms with Gasteiger partial charge in [-0.1, -0.05) is 11.6 Å². The normalized spacial score (nSPS) is 16.1. The second-order valence-corrected chi connectivity index (χ2v) is 4.90. The van der Waals surface area contributed by atoms with Gasteiger partial charge in [-0.05, 0) is 25.0 Å². The summed E-state index contributed by atoms with van der Waals surface area (Å²) < 4.78 is 0.722. The minimum absolute atomic E-state index is 0.0175. The Morgan fingerprint density at radius 3 is 3.00 bits per heavy atom. The molecule has 0 atom stereocenters. The standard InChI is InChI=1S/C9H9ClN2OS/c10-8-4-3-7(14-8)5-11-12-9(13)6-1-2-6/h3-6H,1-2H2,(H,12,13). The first-order chi connectivity index (χ1) is 6.75. The predicted molar refractivity (Wildman–Crippen MR) is 57.8 cm³/mol. The Hall–Kier alpha value is -0.870. The Kier molecular flexibility index (Phi) is 2.84. The summed E-state index contributed by atoms with van der Waals surface area (Å²) in [6, 6.07) is 3.66. The highest BCUT2D eigenvalue weighted by atomic mass is 35.5. The summed E-state index contributed by atoms with van der Waals surface area (Å²) in [5, 5.41) is 3.84. The van der Waals surface area contributed by atoms with Gasteiger partial charge in [-0.25, -0.2) is 5.43 Å². The van der Waals surface area contributed by atoms with E-state index in [1.807, 2.05) is 6.07 Å². The number of hydrazone groups is 1. The lowest BCUT2D eigenvalue weighted by atomic mass is 10.4. The smallest absolute Gasteiger partial charge is 0.243 e. The Morgan fingerprint density at radius 1 is 1.64 bits per heavy atom. The van der Waals surface area contributed by atoms with Crippen molar-refractivity contribution in [3.8, 4) is 0 Å². The molecule has 14 heavy (non-hydrogen) atoms. The number of hydrogen-bond acceptors (Lipinski definition) is 3. The van der Waals surface area contributed by atoms with Gasteiger partial charge >= 0.3 is 0 Å². The van der Waals surface area contributed by atoms with Crippen molar-refractivity contribution in [2.75, 3.05) is 0 Å². The van der Waals surface area contributed by atoms with E-state index < -0.39 is 0 Å². The van der Waals surface area contributed by atoms with Gasteiger partial charge in [0.05, 0.1) is 10.6 Å². The van der Waals surface area contributed by atoms with Crippen molar-refractivity contribution in [2.45, 2.75) is 12.8 Å². The van der Waals surface area contributed by atoms with E-state index >= 15 is 0 Å². The molecule has 0 radical (unpaired) electrons. The van der Waals surface area contributed by atoms with Gasteiger partial charge in [-0.3, -0.25) is 4.79 Å². The zero-order valence-corrected chi connectivity index (χ0v) is 8.94. The summed E-state index contributed by atoms with van der Waals surface area (Å²) in [6.45, 7) is 0. The van der Waals surface area contributed by atoms with Crippen LogP contribution in [0, 0.1) is 5.92 Å². The van der Waals surface area contributed by atoms with Crippen LogP contribution >= 0.6 is 22.9 Å². The van der Waals surface area contributed by atoms with Crippen LogP contribution in [0.2, 0.25) is 4.34 Å². The SMILES string of the molecule is O=C(NN=Cc1ccc(Cl)s1)C1CC1. The molecule has 0 aliphatic heterocycles. The number of amides is 1. The Labute approximate surface area is 90.8 Å². The van der Waals surface area contributed by atoms with Gasteiger partial charge in [0.15, 0.2) is 0 Å². The molecule has 74 valence electrons. The van der Waals surface area contributed by atoms with E-state index in [1.165, 1.54) is 11.3 Å². The second kappa shape index (κ2) is 4.11. The molecule has 0 spiro atoms. The van der Waals surface area contributed by atoms with E-state index in [4.69, 9.17) is 11.6 Å². The average Bonchev–Trinajstić information content (AvgIpc) is 2.92. The summed E-state index contributed by atoms with van der Waals surface area (Å²) in [6.07, 6.45) is 3.59. The molecule has 5 heteroatoms. The van der Waals surface area contributed by atoms with Crippen LogP contribution in [0.4, 0.5) is 0 Å². The van der Waals surface area contributed by atoms with Gasteiger partial charge in [0.2, 0.25) is 5.91 Å². The van der Waals surface area contributed by atoms with Gasteiger partial charge in [-0.15, -0.1) is 11.3 Å².